The monoisotopic (exact) mass is 379 g/mol. The Labute approximate surface area is 166 Å². The third-order valence-electron chi connectivity index (χ3n) is 5.87. The average molecular weight is 380 g/mol. The van der Waals surface area contributed by atoms with Gasteiger partial charge in [-0.1, -0.05) is 77.4 Å². The van der Waals surface area contributed by atoms with E-state index in [0.29, 0.717) is 5.92 Å². The topological polar surface area (TPSA) is 69.4 Å². The highest BCUT2D eigenvalue weighted by molar-refractivity contribution is 5.91. The molecule has 0 aromatic carbocycles. The van der Waals surface area contributed by atoms with Crippen molar-refractivity contribution in [3.05, 3.63) is 12.2 Å². The first kappa shape index (κ1) is 23.9. The highest BCUT2D eigenvalue weighted by Crippen LogP contribution is 2.56. The van der Waals surface area contributed by atoms with Crippen LogP contribution in [0.3, 0.4) is 0 Å². The van der Waals surface area contributed by atoms with E-state index in [4.69, 9.17) is 10.5 Å². The Morgan fingerprint density at radius 3 is 2.00 bits per heavy atom. The number of unbranched alkanes of at least 4 members (excludes halogenated alkanes) is 10. The lowest BCUT2D eigenvalue weighted by atomic mass is 9.95. The van der Waals surface area contributed by atoms with Crippen LogP contribution < -0.4 is 5.73 Å². The molecule has 4 nitrogen and oxygen atoms in total. The van der Waals surface area contributed by atoms with E-state index in [1.54, 1.807) is 0 Å². The number of nitrogens with two attached hydrogens (primary N) is 1. The molecular formula is C23H41NO3. The molecule has 4 heteroatoms. The molecule has 0 saturated heterocycles. The minimum atomic E-state index is -0.619. The van der Waals surface area contributed by atoms with Crippen molar-refractivity contribution >= 4 is 11.9 Å². The highest BCUT2D eigenvalue weighted by atomic mass is 16.6. The predicted molar refractivity (Wildman–Crippen MR) is 111 cm³/mol. The van der Waals surface area contributed by atoms with Crippen LogP contribution >= 0.6 is 0 Å². The van der Waals surface area contributed by atoms with E-state index in [1.165, 1.54) is 57.8 Å². The molecule has 0 bridgehead atoms. The van der Waals surface area contributed by atoms with Gasteiger partial charge in [0.05, 0.1) is 12.0 Å². The summed E-state index contributed by atoms with van der Waals surface area (Å²) >= 11 is 0. The third-order valence-corrected chi connectivity index (χ3v) is 5.87. The summed E-state index contributed by atoms with van der Waals surface area (Å²) in [7, 11) is 0. The van der Waals surface area contributed by atoms with Gasteiger partial charge < -0.3 is 10.5 Å². The smallest absolute Gasteiger partial charge is 0.327 e. The average Bonchev–Trinajstić information content (AvgIpc) is 3.32. The van der Waals surface area contributed by atoms with Crippen molar-refractivity contribution < 1.29 is 14.3 Å². The quantitative estimate of drug-likeness (QED) is 0.162. The number of hydrogen-bond donors (Lipinski definition) is 1. The summed E-state index contributed by atoms with van der Waals surface area (Å²) < 4.78 is 4.85. The van der Waals surface area contributed by atoms with Gasteiger partial charge in [0.1, 0.15) is 0 Å². The summed E-state index contributed by atoms with van der Waals surface area (Å²) in [6, 6.07) is 0. The maximum absolute atomic E-state index is 12.2. The molecule has 1 rings (SSSR count). The molecule has 2 atom stereocenters. The van der Waals surface area contributed by atoms with Gasteiger partial charge in [-0.15, -0.1) is 0 Å². The lowest BCUT2D eigenvalue weighted by Crippen LogP contribution is -2.27. The molecule has 2 unspecified atom stereocenters. The van der Waals surface area contributed by atoms with Gasteiger partial charge in [0.15, 0.2) is 0 Å². The molecule has 1 aliphatic rings. The zero-order valence-corrected chi connectivity index (χ0v) is 17.6. The molecule has 2 N–H and O–H groups in total. The molecule has 1 saturated carbocycles. The summed E-state index contributed by atoms with van der Waals surface area (Å²) in [5, 5.41) is 0. The highest BCUT2D eigenvalue weighted by Gasteiger charge is 2.58. The van der Waals surface area contributed by atoms with Gasteiger partial charge in [-0.05, 0) is 44.4 Å². The van der Waals surface area contributed by atoms with Gasteiger partial charge in [0.2, 0.25) is 0 Å². The Hall–Kier alpha value is -1.16. The Morgan fingerprint density at radius 2 is 1.48 bits per heavy atom. The number of esters is 2. The zero-order valence-electron chi connectivity index (χ0n) is 17.6. The number of carbonyl (C=O) groups excluding carboxylic acids is 2. The maximum Gasteiger partial charge on any atom is 0.327 e. The van der Waals surface area contributed by atoms with Crippen molar-refractivity contribution in [2.75, 3.05) is 6.54 Å². The molecule has 0 aliphatic heterocycles. The van der Waals surface area contributed by atoms with E-state index >= 15 is 0 Å². The summed E-state index contributed by atoms with van der Waals surface area (Å²) in [6.45, 7) is 4.08. The van der Waals surface area contributed by atoms with Gasteiger partial charge in [-0.3, -0.25) is 9.59 Å². The summed E-state index contributed by atoms with van der Waals surface area (Å²) in [4.78, 5) is 23.4. The first-order chi connectivity index (χ1) is 13.1. The van der Waals surface area contributed by atoms with Crippen LogP contribution in [-0.4, -0.2) is 18.5 Å². The molecule has 1 aliphatic carbocycles. The largest absolute Gasteiger partial charge is 0.392 e. The van der Waals surface area contributed by atoms with Crippen LogP contribution in [0, 0.1) is 11.3 Å². The molecule has 27 heavy (non-hydrogen) atoms. The first-order valence-corrected chi connectivity index (χ1v) is 11.2. The molecule has 0 aromatic rings. The number of hydrogen-bond acceptors (Lipinski definition) is 4. The molecular weight excluding hydrogens is 338 g/mol. The van der Waals surface area contributed by atoms with Crippen LogP contribution in [0.1, 0.15) is 104 Å². The lowest BCUT2D eigenvalue weighted by Gasteiger charge is -2.14. The van der Waals surface area contributed by atoms with Crippen molar-refractivity contribution in [3.63, 3.8) is 0 Å². The Bertz CT molecular complexity index is 461. The number of carbonyl (C=O) groups is 2. The van der Waals surface area contributed by atoms with Crippen LogP contribution in [0.4, 0.5) is 0 Å². The molecule has 1 fully saturated rings. The maximum atomic E-state index is 12.2. The van der Waals surface area contributed by atoms with Crippen molar-refractivity contribution in [2.24, 2.45) is 17.1 Å². The van der Waals surface area contributed by atoms with Crippen LogP contribution in [-0.2, 0) is 14.3 Å². The summed E-state index contributed by atoms with van der Waals surface area (Å²) in [6.07, 6.45) is 21.4. The van der Waals surface area contributed by atoms with Crippen molar-refractivity contribution in [2.45, 2.75) is 104 Å². The fraction of sp³-hybridized carbons (Fsp3) is 0.826. The summed E-state index contributed by atoms with van der Waals surface area (Å²) in [5.41, 5.74) is 4.80. The van der Waals surface area contributed by atoms with E-state index < -0.39 is 11.4 Å². The van der Waals surface area contributed by atoms with Gasteiger partial charge in [0.25, 0.3) is 0 Å². The zero-order chi connectivity index (χ0) is 20.0. The second kappa shape index (κ2) is 13.9. The fourth-order valence-electron chi connectivity index (χ4n) is 3.80. The predicted octanol–water partition coefficient (Wildman–Crippen LogP) is 5.69. The number of ether oxygens (including phenoxy) is 1. The molecule has 156 valence electrons. The Kier molecular flexibility index (Phi) is 12.3. The molecule has 0 amide bonds. The minimum Gasteiger partial charge on any atom is -0.392 e. The molecule has 0 radical (unpaired) electrons. The SMILES string of the molecule is CCCCCCCC/C=C\CCCCCCC1(C(=O)OC(=O)CN)CC1C. The number of allylic oxidation sites excluding steroid dienone is 2. The van der Waals surface area contributed by atoms with Crippen LogP contribution in [0.25, 0.3) is 0 Å². The van der Waals surface area contributed by atoms with Crippen LogP contribution in [0.2, 0.25) is 0 Å². The lowest BCUT2D eigenvalue weighted by molar-refractivity contribution is -0.163. The molecule has 0 aromatic heterocycles. The second-order valence-electron chi connectivity index (χ2n) is 8.21. The third kappa shape index (κ3) is 9.55. The van der Waals surface area contributed by atoms with Gasteiger partial charge in [0, 0.05) is 0 Å². The minimum absolute atomic E-state index is 0.234. The molecule has 0 spiro atoms. The van der Waals surface area contributed by atoms with Gasteiger partial charge >= 0.3 is 11.9 Å². The Morgan fingerprint density at radius 1 is 0.963 bits per heavy atom. The number of rotatable bonds is 16. The Balaban J connectivity index is 2.00. The fourth-order valence-corrected chi connectivity index (χ4v) is 3.80. The molecule has 0 heterocycles. The van der Waals surface area contributed by atoms with Crippen LogP contribution in [0.15, 0.2) is 12.2 Å². The van der Waals surface area contributed by atoms with E-state index in [2.05, 4.69) is 26.0 Å². The second-order valence-corrected chi connectivity index (χ2v) is 8.21. The van der Waals surface area contributed by atoms with Gasteiger partial charge in [-0.2, -0.15) is 0 Å². The summed E-state index contributed by atoms with van der Waals surface area (Å²) in [5.74, 6) is -0.658. The van der Waals surface area contributed by atoms with Crippen LogP contribution in [0.5, 0.6) is 0 Å². The normalized spacial score (nSPS) is 21.5. The van der Waals surface area contributed by atoms with Gasteiger partial charge in [-0.25, -0.2) is 0 Å². The first-order valence-electron chi connectivity index (χ1n) is 11.2. The van der Waals surface area contributed by atoms with E-state index in [0.717, 1.165) is 32.1 Å². The van der Waals surface area contributed by atoms with Crippen molar-refractivity contribution in [1.29, 1.82) is 0 Å². The van der Waals surface area contributed by atoms with E-state index in [9.17, 15) is 9.59 Å². The standard InChI is InChI=1S/C23H41NO3/c1-3-4-5-6-7-8-9-10-11-12-13-14-15-16-17-23(18-20(23)2)22(26)27-21(25)19-24/h10-11,20H,3-9,12-19,24H2,1-2H3/b11-10-. The van der Waals surface area contributed by atoms with Crippen molar-refractivity contribution in [3.8, 4) is 0 Å². The van der Waals surface area contributed by atoms with E-state index in [-0.39, 0.29) is 12.5 Å². The van der Waals surface area contributed by atoms with E-state index in [1.807, 2.05) is 0 Å². The van der Waals surface area contributed by atoms with Crippen molar-refractivity contribution in [1.82, 2.24) is 0 Å².